The minimum Gasteiger partial charge on any atom is -0.467 e. The van der Waals surface area contributed by atoms with Crippen molar-refractivity contribution in [3.63, 3.8) is 0 Å². The highest BCUT2D eigenvalue weighted by atomic mass is 16.7. The van der Waals surface area contributed by atoms with Crippen LogP contribution in [0.2, 0.25) is 0 Å². The number of nitrogens with zero attached hydrogens (tertiary/aromatic N) is 2. The van der Waals surface area contributed by atoms with Gasteiger partial charge in [-0.3, -0.25) is 14.4 Å². The SMILES string of the molecule is COC(=O)[C@H](CC(=O)OC(C)(C)C)NC(=O)C1(Cc2ccccc2)CC([C@H](C(C)C)N(C(C)=O)c2c[nH]c3ccccc23)=NO1. The number of rotatable bonds is 11. The van der Waals surface area contributed by atoms with Crippen LogP contribution < -0.4 is 10.2 Å². The van der Waals surface area contributed by atoms with Crippen molar-refractivity contribution in [3.8, 4) is 0 Å². The van der Waals surface area contributed by atoms with Crippen molar-refractivity contribution >= 4 is 46.1 Å². The number of aromatic amines is 1. The number of H-pyrrole nitrogens is 1. The molecule has 3 aromatic rings. The molecule has 0 saturated heterocycles. The van der Waals surface area contributed by atoms with Gasteiger partial charge in [-0.05, 0) is 38.3 Å². The number of amides is 2. The van der Waals surface area contributed by atoms with Crippen molar-refractivity contribution in [1.82, 2.24) is 10.3 Å². The van der Waals surface area contributed by atoms with Gasteiger partial charge >= 0.3 is 11.9 Å². The first kappa shape index (κ1) is 33.2. The number of hydrogen-bond donors (Lipinski definition) is 2. The van der Waals surface area contributed by atoms with E-state index in [4.69, 9.17) is 14.3 Å². The number of aromatic nitrogens is 1. The fourth-order valence-electron chi connectivity index (χ4n) is 5.66. The Balaban J connectivity index is 1.68. The predicted molar refractivity (Wildman–Crippen MR) is 171 cm³/mol. The van der Waals surface area contributed by atoms with Gasteiger partial charge in [-0.25, -0.2) is 4.79 Å². The van der Waals surface area contributed by atoms with Gasteiger partial charge in [0, 0.05) is 36.9 Å². The third kappa shape index (κ3) is 7.71. The molecule has 11 heteroatoms. The van der Waals surface area contributed by atoms with E-state index in [1.165, 1.54) is 14.0 Å². The van der Waals surface area contributed by atoms with E-state index < -0.39 is 47.6 Å². The molecule has 1 unspecified atom stereocenters. The number of hydrogen-bond acceptors (Lipinski definition) is 8. The van der Waals surface area contributed by atoms with Crippen molar-refractivity contribution in [2.24, 2.45) is 11.1 Å². The average Bonchev–Trinajstić information content (AvgIpc) is 3.59. The Kier molecular flexibility index (Phi) is 10.00. The number of fused-ring (bicyclic) bond motifs is 1. The van der Waals surface area contributed by atoms with Crippen LogP contribution in [0.1, 0.15) is 59.9 Å². The number of carbonyl (C=O) groups is 4. The van der Waals surface area contributed by atoms with Crippen molar-refractivity contribution in [1.29, 1.82) is 0 Å². The van der Waals surface area contributed by atoms with Crippen LogP contribution in [0, 0.1) is 5.92 Å². The third-order valence-electron chi connectivity index (χ3n) is 7.55. The Hall–Kier alpha value is -4.67. The molecule has 3 atom stereocenters. The first-order chi connectivity index (χ1) is 21.2. The lowest BCUT2D eigenvalue weighted by Crippen LogP contribution is -2.55. The number of carbonyl (C=O) groups excluding carboxylic acids is 4. The summed E-state index contributed by atoms with van der Waals surface area (Å²) >= 11 is 0. The molecule has 240 valence electrons. The molecule has 0 spiro atoms. The van der Waals surface area contributed by atoms with E-state index in [2.05, 4.69) is 15.5 Å². The van der Waals surface area contributed by atoms with Crippen molar-refractivity contribution in [2.45, 2.75) is 84.1 Å². The van der Waals surface area contributed by atoms with Crippen LogP contribution in [0.3, 0.4) is 0 Å². The second-order valence-electron chi connectivity index (χ2n) is 12.6. The summed E-state index contributed by atoms with van der Waals surface area (Å²) < 4.78 is 10.3. The number of anilines is 1. The minimum atomic E-state index is -1.58. The zero-order chi connectivity index (χ0) is 32.9. The van der Waals surface area contributed by atoms with Gasteiger partial charge in [0.05, 0.1) is 31.0 Å². The molecule has 2 N–H and O–H groups in total. The van der Waals surface area contributed by atoms with Gasteiger partial charge in [-0.2, -0.15) is 0 Å². The monoisotopic (exact) mass is 618 g/mol. The normalized spacial score (nSPS) is 17.6. The Labute approximate surface area is 263 Å². The third-order valence-corrected chi connectivity index (χ3v) is 7.55. The molecule has 2 amide bonds. The van der Waals surface area contributed by atoms with Crippen LogP contribution in [0.4, 0.5) is 5.69 Å². The maximum atomic E-state index is 14.2. The van der Waals surface area contributed by atoms with E-state index in [1.807, 2.05) is 68.4 Å². The Morgan fingerprint density at radius 2 is 1.73 bits per heavy atom. The van der Waals surface area contributed by atoms with Crippen molar-refractivity contribution in [2.75, 3.05) is 12.0 Å². The summed E-state index contributed by atoms with van der Waals surface area (Å²) in [4.78, 5) is 63.8. The highest BCUT2D eigenvalue weighted by molar-refractivity contribution is 6.09. The molecule has 0 bridgehead atoms. The van der Waals surface area contributed by atoms with E-state index in [1.54, 1.807) is 31.9 Å². The first-order valence-corrected chi connectivity index (χ1v) is 15.0. The summed E-state index contributed by atoms with van der Waals surface area (Å²) in [5.41, 5.74) is 0.500. The minimum absolute atomic E-state index is 0.0308. The van der Waals surface area contributed by atoms with Crippen LogP contribution in [0.15, 0.2) is 65.9 Å². The molecule has 2 aromatic carbocycles. The zero-order valence-corrected chi connectivity index (χ0v) is 26.9. The number of benzene rings is 2. The van der Waals surface area contributed by atoms with Gasteiger partial charge in [0.15, 0.2) is 0 Å². The fourth-order valence-corrected chi connectivity index (χ4v) is 5.66. The molecule has 1 aromatic heterocycles. The van der Waals surface area contributed by atoms with Crippen LogP contribution in [-0.4, -0.2) is 64.8 Å². The highest BCUT2D eigenvalue weighted by Crippen LogP contribution is 2.36. The fraction of sp³-hybridized carbons (Fsp3) is 0.441. The molecule has 0 saturated carbocycles. The lowest BCUT2D eigenvalue weighted by Gasteiger charge is -2.34. The highest BCUT2D eigenvalue weighted by Gasteiger charge is 2.51. The summed E-state index contributed by atoms with van der Waals surface area (Å²) in [5, 5.41) is 8.00. The second kappa shape index (κ2) is 13.5. The Morgan fingerprint density at radius 3 is 2.36 bits per heavy atom. The first-order valence-electron chi connectivity index (χ1n) is 15.0. The van der Waals surface area contributed by atoms with Gasteiger partial charge in [0.1, 0.15) is 11.6 Å². The van der Waals surface area contributed by atoms with Gasteiger partial charge in [-0.1, -0.05) is 67.5 Å². The van der Waals surface area contributed by atoms with E-state index in [0.717, 1.165) is 16.5 Å². The smallest absolute Gasteiger partial charge is 0.328 e. The molecule has 0 radical (unpaired) electrons. The molecule has 2 heterocycles. The lowest BCUT2D eigenvalue weighted by molar-refractivity contribution is -0.160. The van der Waals surface area contributed by atoms with Gasteiger partial charge < -0.3 is 29.5 Å². The summed E-state index contributed by atoms with van der Waals surface area (Å²) in [5.74, 6) is -2.43. The van der Waals surface area contributed by atoms with E-state index in [9.17, 15) is 19.2 Å². The van der Waals surface area contributed by atoms with E-state index in [0.29, 0.717) is 11.4 Å². The average molecular weight is 619 g/mol. The number of methoxy groups -OCH3 is 1. The van der Waals surface area contributed by atoms with Crippen LogP contribution >= 0.6 is 0 Å². The molecule has 45 heavy (non-hydrogen) atoms. The topological polar surface area (TPSA) is 139 Å². The second-order valence-corrected chi connectivity index (χ2v) is 12.6. The molecular weight excluding hydrogens is 576 g/mol. The summed E-state index contributed by atoms with van der Waals surface area (Å²) in [6.45, 7) is 10.6. The van der Waals surface area contributed by atoms with Crippen molar-refractivity contribution in [3.05, 3.63) is 66.4 Å². The Bertz CT molecular complexity index is 1570. The molecule has 4 rings (SSSR count). The molecular formula is C34H42N4O7. The summed E-state index contributed by atoms with van der Waals surface area (Å²) in [7, 11) is 1.18. The molecule has 11 nitrogen and oxygen atoms in total. The number of ether oxygens (including phenoxy) is 2. The van der Waals surface area contributed by atoms with Gasteiger partial charge in [0.2, 0.25) is 11.5 Å². The zero-order valence-electron chi connectivity index (χ0n) is 26.9. The van der Waals surface area contributed by atoms with Gasteiger partial charge in [-0.15, -0.1) is 0 Å². The van der Waals surface area contributed by atoms with Gasteiger partial charge in [0.25, 0.3) is 5.91 Å². The molecule has 0 aliphatic carbocycles. The molecule has 1 aliphatic rings. The number of esters is 2. The Morgan fingerprint density at radius 1 is 1.07 bits per heavy atom. The summed E-state index contributed by atoms with van der Waals surface area (Å²) in [6, 6.07) is 15.1. The summed E-state index contributed by atoms with van der Waals surface area (Å²) in [6.07, 6.45) is 1.51. The maximum Gasteiger partial charge on any atom is 0.328 e. The predicted octanol–water partition coefficient (Wildman–Crippen LogP) is 4.69. The van der Waals surface area contributed by atoms with Crippen LogP contribution in [0.5, 0.6) is 0 Å². The molecule has 1 aliphatic heterocycles. The maximum absolute atomic E-state index is 14.2. The van der Waals surface area contributed by atoms with Crippen molar-refractivity contribution < 1.29 is 33.5 Å². The standard InChI is InChI=1S/C34H42N4O7/c1-21(2)30(38(22(3)39)28-20-35-25-16-12-11-15-24(25)28)27-19-34(45-37-27,18-23-13-9-8-10-14-23)32(42)36-26(31(41)43-7)17-29(40)44-33(4,5)6/h8-16,20-21,26,30,35H,17-19H2,1-7H3,(H,36,42)/t26-,30-,34?/m0/s1. The number of nitrogens with one attached hydrogen (secondary N) is 2. The largest absolute Gasteiger partial charge is 0.467 e. The number of para-hydroxylation sites is 1. The number of oxime groups is 1. The van der Waals surface area contributed by atoms with Crippen LogP contribution in [-0.2, 0) is 39.9 Å². The van der Waals surface area contributed by atoms with E-state index in [-0.39, 0.29) is 24.7 Å². The van der Waals surface area contributed by atoms with Crippen LogP contribution in [0.25, 0.3) is 10.9 Å². The lowest BCUT2D eigenvalue weighted by atomic mass is 9.84. The van der Waals surface area contributed by atoms with E-state index >= 15 is 0 Å². The quantitative estimate of drug-likeness (QED) is 0.297. The molecule has 0 fully saturated rings.